The highest BCUT2D eigenvalue weighted by atomic mass is 16.1. The molecular weight excluding hydrogens is 404 g/mol. The predicted molar refractivity (Wildman–Crippen MR) is 132 cm³/mol. The molecule has 32 heavy (non-hydrogen) atoms. The molecule has 4 rings (SSSR count). The molecule has 9 nitrogen and oxygen atoms in total. The second-order valence-electron chi connectivity index (χ2n) is 8.87. The lowest BCUT2D eigenvalue weighted by molar-refractivity contribution is 0.616. The van der Waals surface area contributed by atoms with Crippen LogP contribution in [0.5, 0.6) is 0 Å². The van der Waals surface area contributed by atoms with E-state index in [1.165, 1.54) is 0 Å². The van der Waals surface area contributed by atoms with Crippen LogP contribution >= 0.6 is 0 Å². The molecule has 4 aromatic heterocycles. The number of fused-ring (bicyclic) bond motifs is 2. The molecule has 0 N–H and O–H groups in total. The monoisotopic (exact) mass is 438 g/mol. The molecule has 0 spiro atoms. The van der Waals surface area contributed by atoms with Crippen molar-refractivity contribution >= 4 is 33.8 Å². The Morgan fingerprint density at radius 3 is 1.91 bits per heavy atom. The third-order valence-corrected chi connectivity index (χ3v) is 5.35. The van der Waals surface area contributed by atoms with E-state index in [2.05, 4.69) is 59.5 Å². The van der Waals surface area contributed by atoms with Crippen LogP contribution in [-0.2, 0) is 7.05 Å². The largest absolute Gasteiger partial charge is 0.362 e. The van der Waals surface area contributed by atoms with Crippen molar-refractivity contribution in [2.24, 2.45) is 7.05 Å². The van der Waals surface area contributed by atoms with Gasteiger partial charge in [0.05, 0.1) is 10.8 Å². The molecule has 4 aromatic rings. The summed E-state index contributed by atoms with van der Waals surface area (Å²) in [6, 6.07) is 4.63. The lowest BCUT2D eigenvalue weighted by Gasteiger charge is -2.16. The minimum absolute atomic E-state index is 0.00176. The van der Waals surface area contributed by atoms with Crippen molar-refractivity contribution in [3.8, 4) is 0 Å². The summed E-state index contributed by atoms with van der Waals surface area (Å²) in [6.45, 7) is 8.45. The molecule has 0 atom stereocenters. The molecule has 9 heteroatoms. The Kier molecular flexibility index (Phi) is 6.57. The van der Waals surface area contributed by atoms with E-state index in [0.29, 0.717) is 23.4 Å². The van der Waals surface area contributed by atoms with Gasteiger partial charge >= 0.3 is 0 Å². The van der Waals surface area contributed by atoms with Crippen molar-refractivity contribution in [2.75, 3.05) is 38.0 Å². The Morgan fingerprint density at radius 2 is 1.38 bits per heavy atom. The van der Waals surface area contributed by atoms with Crippen LogP contribution in [-0.4, -0.2) is 56.8 Å². The first-order chi connectivity index (χ1) is 15.0. The summed E-state index contributed by atoms with van der Waals surface area (Å²) < 4.78 is 5.75. The molecule has 0 aliphatic rings. The molecule has 172 valence electrons. The second-order valence-corrected chi connectivity index (χ2v) is 8.87. The summed E-state index contributed by atoms with van der Waals surface area (Å²) in [6.07, 6.45) is 5.61. The third kappa shape index (κ3) is 4.19. The molecule has 0 unspecified atom stereocenters. The van der Waals surface area contributed by atoms with E-state index < -0.39 is 0 Å². The van der Waals surface area contributed by atoms with Crippen molar-refractivity contribution < 1.29 is 0 Å². The van der Waals surface area contributed by atoms with Crippen molar-refractivity contribution in [1.82, 2.24) is 28.7 Å². The van der Waals surface area contributed by atoms with Gasteiger partial charge in [-0.15, -0.1) is 0 Å². The van der Waals surface area contributed by atoms with Gasteiger partial charge in [0, 0.05) is 59.7 Å². The van der Waals surface area contributed by atoms with Crippen LogP contribution in [0.1, 0.15) is 39.8 Å². The minimum Gasteiger partial charge on any atom is -0.362 e. The van der Waals surface area contributed by atoms with Gasteiger partial charge in [-0.3, -0.25) is 9.36 Å². The number of hydrogen-bond donors (Lipinski definition) is 0. The van der Waals surface area contributed by atoms with Gasteiger partial charge in [-0.05, 0) is 39.8 Å². The van der Waals surface area contributed by atoms with Gasteiger partial charge in [-0.2, -0.15) is 4.98 Å². The zero-order valence-electron chi connectivity index (χ0n) is 20.5. The van der Waals surface area contributed by atoms with E-state index in [-0.39, 0.29) is 5.56 Å². The molecule has 0 aliphatic heterocycles. The fourth-order valence-corrected chi connectivity index (χ4v) is 3.71. The van der Waals surface area contributed by atoms with Crippen LogP contribution < -0.4 is 15.4 Å². The average Bonchev–Trinajstić information content (AvgIpc) is 3.35. The van der Waals surface area contributed by atoms with Crippen LogP contribution in [0.2, 0.25) is 0 Å². The standard InChI is InChI=1S/C12H18N4O.C11H16N4/c1-8(2)16-7-6-9-10(16)13-12(14(3)4)15(5)11(9)17;1-8(2)15-6-5-9-10(14(3)4)12-7-13-11(9)15/h6-8H,1-5H3;5-8H,1-4H3. The van der Waals surface area contributed by atoms with Gasteiger partial charge in [-0.1, -0.05) is 0 Å². The highest BCUT2D eigenvalue weighted by molar-refractivity contribution is 5.87. The number of rotatable bonds is 4. The Balaban J connectivity index is 0.000000182. The van der Waals surface area contributed by atoms with E-state index in [1.54, 1.807) is 17.9 Å². The Hall–Kier alpha value is -3.36. The molecular formula is C23H34N8O. The van der Waals surface area contributed by atoms with Crippen LogP contribution in [0.4, 0.5) is 11.8 Å². The van der Waals surface area contributed by atoms with Crippen LogP contribution in [0.25, 0.3) is 22.1 Å². The van der Waals surface area contributed by atoms with Crippen molar-refractivity contribution in [2.45, 2.75) is 39.8 Å². The lowest BCUT2D eigenvalue weighted by atomic mass is 10.3. The van der Waals surface area contributed by atoms with Crippen LogP contribution in [0.15, 0.2) is 35.6 Å². The second kappa shape index (κ2) is 9.02. The first-order valence-corrected chi connectivity index (χ1v) is 10.8. The summed E-state index contributed by atoms with van der Waals surface area (Å²) in [5, 5.41) is 1.78. The van der Waals surface area contributed by atoms with E-state index in [0.717, 1.165) is 22.5 Å². The SMILES string of the molecule is CC(C)n1ccc2c(=O)n(C)c(N(C)C)nc21.CC(C)n1ccc2c(N(C)C)ncnc21. The van der Waals surface area contributed by atoms with E-state index in [4.69, 9.17) is 0 Å². The zero-order valence-corrected chi connectivity index (χ0v) is 20.5. The average molecular weight is 439 g/mol. The lowest BCUT2D eigenvalue weighted by Crippen LogP contribution is -2.26. The van der Waals surface area contributed by atoms with Gasteiger partial charge in [0.2, 0.25) is 5.95 Å². The van der Waals surface area contributed by atoms with Gasteiger partial charge in [0.25, 0.3) is 5.56 Å². The third-order valence-electron chi connectivity index (χ3n) is 5.35. The smallest absolute Gasteiger partial charge is 0.264 e. The fraction of sp³-hybridized carbons (Fsp3) is 0.478. The van der Waals surface area contributed by atoms with Crippen molar-refractivity contribution in [3.63, 3.8) is 0 Å². The number of hydrogen-bond acceptors (Lipinski definition) is 6. The first-order valence-electron chi connectivity index (χ1n) is 10.8. The van der Waals surface area contributed by atoms with E-state index in [1.807, 2.05) is 54.8 Å². The van der Waals surface area contributed by atoms with Crippen molar-refractivity contribution in [1.29, 1.82) is 0 Å². The van der Waals surface area contributed by atoms with Gasteiger partial charge < -0.3 is 18.9 Å². The maximum Gasteiger partial charge on any atom is 0.264 e. The normalized spacial score (nSPS) is 11.3. The summed E-state index contributed by atoms with van der Waals surface area (Å²) in [4.78, 5) is 29.2. The van der Waals surface area contributed by atoms with Gasteiger partial charge in [0.15, 0.2) is 0 Å². The van der Waals surface area contributed by atoms with Crippen LogP contribution in [0, 0.1) is 0 Å². The maximum absolute atomic E-state index is 12.2. The molecule has 0 radical (unpaired) electrons. The molecule has 0 fully saturated rings. The Bertz CT molecular complexity index is 1280. The topological polar surface area (TPSA) is 77.0 Å². The summed E-state index contributed by atoms with van der Waals surface area (Å²) in [5.41, 5.74) is 1.76. The molecule has 0 amide bonds. The van der Waals surface area contributed by atoms with E-state index in [9.17, 15) is 4.79 Å². The van der Waals surface area contributed by atoms with Crippen molar-refractivity contribution in [3.05, 3.63) is 41.2 Å². The summed E-state index contributed by atoms with van der Waals surface area (Å²) in [5.74, 6) is 1.64. The van der Waals surface area contributed by atoms with E-state index >= 15 is 0 Å². The zero-order chi connectivity index (χ0) is 23.7. The Morgan fingerprint density at radius 1 is 0.812 bits per heavy atom. The molecule has 0 bridgehead atoms. The predicted octanol–water partition coefficient (Wildman–Crippen LogP) is 3.46. The van der Waals surface area contributed by atoms with Crippen LogP contribution in [0.3, 0.4) is 0 Å². The first kappa shape index (κ1) is 23.3. The fourth-order valence-electron chi connectivity index (χ4n) is 3.71. The molecule has 0 saturated heterocycles. The number of anilines is 2. The molecule has 0 aliphatic carbocycles. The van der Waals surface area contributed by atoms with Gasteiger partial charge in [0.1, 0.15) is 23.4 Å². The quantitative estimate of drug-likeness (QED) is 0.486. The maximum atomic E-state index is 12.2. The summed E-state index contributed by atoms with van der Waals surface area (Å²) in [7, 11) is 9.51. The highest BCUT2D eigenvalue weighted by Crippen LogP contribution is 2.24. The number of nitrogens with zero attached hydrogens (tertiary/aromatic N) is 8. The molecule has 4 heterocycles. The molecule has 0 aromatic carbocycles. The van der Waals surface area contributed by atoms with Gasteiger partial charge in [-0.25, -0.2) is 9.97 Å². The highest BCUT2D eigenvalue weighted by Gasteiger charge is 2.14. The Labute approximate surface area is 188 Å². The molecule has 0 saturated carbocycles. The summed E-state index contributed by atoms with van der Waals surface area (Å²) >= 11 is 0. The minimum atomic E-state index is -0.00176. The number of aromatic nitrogens is 6.